The molecule has 1 aliphatic heterocycles. The molecule has 1 N–H and O–H groups in total. The van der Waals surface area contributed by atoms with Crippen molar-refractivity contribution in [3.05, 3.63) is 116 Å². The van der Waals surface area contributed by atoms with Gasteiger partial charge < -0.3 is 18.9 Å². The van der Waals surface area contributed by atoms with E-state index < -0.39 is 14.8 Å². The van der Waals surface area contributed by atoms with E-state index in [2.05, 4.69) is 104 Å². The van der Waals surface area contributed by atoms with Crippen LogP contribution in [0.15, 0.2) is 103 Å². The molecular formula is C42H44Br2MnN4O7. The van der Waals surface area contributed by atoms with E-state index in [0.29, 0.717) is 45.3 Å². The number of aromatic nitrogens is 4. The van der Waals surface area contributed by atoms with E-state index in [4.69, 9.17) is 21.5 Å². The number of aliphatic hydroxyl groups is 1. The quantitative estimate of drug-likeness (QED) is 0.103. The van der Waals surface area contributed by atoms with Gasteiger partial charge in [0.25, 0.3) is 11.8 Å². The van der Waals surface area contributed by atoms with Gasteiger partial charge >= 0.3 is 22.5 Å². The van der Waals surface area contributed by atoms with Crippen LogP contribution in [0.3, 0.4) is 0 Å². The molecule has 0 spiro atoms. The molecule has 4 aromatic carbocycles. The first-order valence-electron chi connectivity index (χ1n) is 18.0. The van der Waals surface area contributed by atoms with Gasteiger partial charge in [-0.1, -0.05) is 112 Å². The monoisotopic (exact) mass is 929 g/mol. The number of aliphatic hydroxyl groups excluding tert-OH is 1. The molecule has 56 heavy (non-hydrogen) atoms. The molecule has 11 nitrogen and oxygen atoms in total. The van der Waals surface area contributed by atoms with Gasteiger partial charge in [-0.3, -0.25) is 4.79 Å². The van der Waals surface area contributed by atoms with Crippen LogP contribution in [0.5, 0.6) is 0 Å². The van der Waals surface area contributed by atoms with Crippen molar-refractivity contribution in [1.82, 2.24) is 20.3 Å². The Morgan fingerprint density at radius 3 is 1.46 bits per heavy atom. The van der Waals surface area contributed by atoms with Crippen molar-refractivity contribution in [2.45, 2.75) is 60.0 Å². The number of hydrogen-bond donors (Lipinski definition) is 1. The standard InChI is InChI=1S/C19H19BrN2O2.C19H17BrN2O2.C4H8O.Mn.2O/c2*1-12(2)9-13-3-5-14(6-4-13)19-21-18(22-24-19)15-7-8-16(11-23)17(20)10-15;1-2-4-5-3-1;;;/h3-8,10,12,23H,9,11H2,1-2H3;3-8,10-12H,9H2,1-2H3;1-4H2;;;. The van der Waals surface area contributed by atoms with Crippen molar-refractivity contribution >= 4 is 38.1 Å². The molecule has 1 saturated heterocycles. The van der Waals surface area contributed by atoms with E-state index in [0.717, 1.165) is 64.6 Å². The third-order valence-electron chi connectivity index (χ3n) is 8.24. The third-order valence-corrected chi connectivity index (χ3v) is 9.66. The first-order valence-corrected chi connectivity index (χ1v) is 20.6. The zero-order valence-electron chi connectivity index (χ0n) is 31.6. The second-order valence-electron chi connectivity index (χ2n) is 13.6. The predicted molar refractivity (Wildman–Crippen MR) is 216 cm³/mol. The summed E-state index contributed by atoms with van der Waals surface area (Å²) in [5.41, 5.74) is 7.44. The first-order chi connectivity index (χ1) is 27.0. The number of ether oxygens (including phenoxy) is 1. The normalized spacial score (nSPS) is 11.9. The van der Waals surface area contributed by atoms with Crippen LogP contribution < -0.4 is 0 Å². The van der Waals surface area contributed by atoms with E-state index in [-0.39, 0.29) is 6.61 Å². The average molecular weight is 932 g/mol. The Labute approximate surface area is 349 Å². The van der Waals surface area contributed by atoms with Crippen molar-refractivity contribution in [2.24, 2.45) is 11.8 Å². The molecule has 0 amide bonds. The Bertz CT molecular complexity index is 2150. The SMILES string of the molecule is C1CCOC1.CC(C)Cc1ccc(-c2nc(-c3ccc(C=O)c(Br)c3)no2)cc1.CC(C)Cc1ccc(-c2nc(-c3ccc(CO)c(Br)c3)no2)cc1.[O]=[Mn]=[O]. The number of nitrogens with zero attached hydrogens (tertiary/aromatic N) is 4. The summed E-state index contributed by atoms with van der Waals surface area (Å²) in [4.78, 5) is 19.8. The van der Waals surface area contributed by atoms with Crippen LogP contribution in [-0.2, 0) is 46.7 Å². The average Bonchev–Trinajstić information content (AvgIpc) is 4.01. The molecule has 0 radical (unpaired) electrons. The summed E-state index contributed by atoms with van der Waals surface area (Å²) in [6, 6.07) is 27.3. The van der Waals surface area contributed by atoms with Gasteiger partial charge in [-0.2, -0.15) is 9.97 Å². The topological polar surface area (TPSA) is 159 Å². The van der Waals surface area contributed by atoms with Gasteiger partial charge in [0.1, 0.15) is 0 Å². The van der Waals surface area contributed by atoms with Gasteiger partial charge in [-0.05, 0) is 96.7 Å². The molecule has 6 aromatic rings. The molecule has 14 heteroatoms. The van der Waals surface area contributed by atoms with Crippen LogP contribution in [0.25, 0.3) is 45.7 Å². The van der Waals surface area contributed by atoms with Crippen molar-refractivity contribution < 1.29 is 46.2 Å². The van der Waals surface area contributed by atoms with E-state index in [1.54, 1.807) is 12.1 Å². The van der Waals surface area contributed by atoms with Crippen molar-refractivity contribution in [3.8, 4) is 45.7 Å². The number of halogens is 2. The molecular weight excluding hydrogens is 887 g/mol. The van der Waals surface area contributed by atoms with Crippen LogP contribution in [0.1, 0.15) is 67.6 Å². The summed E-state index contributed by atoms with van der Waals surface area (Å²) in [7, 11) is 0. The van der Waals surface area contributed by atoms with Crippen LogP contribution in [-0.4, -0.2) is 44.9 Å². The zero-order valence-corrected chi connectivity index (χ0v) is 35.9. The Morgan fingerprint density at radius 1 is 0.679 bits per heavy atom. The van der Waals surface area contributed by atoms with Crippen molar-refractivity contribution in [3.63, 3.8) is 0 Å². The van der Waals surface area contributed by atoms with Crippen LogP contribution >= 0.6 is 31.9 Å². The van der Waals surface area contributed by atoms with E-state index >= 15 is 0 Å². The number of carbonyl (C=O) groups is 1. The molecule has 2 aromatic heterocycles. The summed E-state index contributed by atoms with van der Waals surface area (Å²) in [6.45, 7) is 10.8. The minimum atomic E-state index is -1.44. The molecule has 0 atom stereocenters. The second kappa shape index (κ2) is 23.2. The Kier molecular flexibility index (Phi) is 18.4. The van der Waals surface area contributed by atoms with Gasteiger partial charge in [-0.15, -0.1) is 0 Å². The molecule has 1 aliphatic rings. The number of hydrogen-bond acceptors (Lipinski definition) is 11. The van der Waals surface area contributed by atoms with E-state index in [1.807, 2.05) is 48.5 Å². The van der Waals surface area contributed by atoms with Gasteiger partial charge in [0.05, 0.1) is 6.61 Å². The molecule has 0 bridgehead atoms. The Balaban J connectivity index is 0.000000208. The maximum atomic E-state index is 10.9. The molecule has 295 valence electrons. The van der Waals surface area contributed by atoms with Gasteiger partial charge in [0.2, 0.25) is 11.6 Å². The molecule has 3 heterocycles. The Morgan fingerprint density at radius 2 is 1.11 bits per heavy atom. The first kappa shape index (κ1) is 44.5. The number of rotatable bonds is 10. The number of benzene rings is 4. The number of carbonyl (C=O) groups excluding carboxylic acids is 1. The number of aldehydes is 1. The molecule has 0 aliphatic carbocycles. The third kappa shape index (κ3) is 13.8. The summed E-state index contributed by atoms with van der Waals surface area (Å²) in [6.07, 6.45) is 5.46. The van der Waals surface area contributed by atoms with E-state index in [1.165, 1.54) is 24.0 Å². The van der Waals surface area contributed by atoms with Crippen LogP contribution in [0.2, 0.25) is 0 Å². The summed E-state index contributed by atoms with van der Waals surface area (Å²) in [5.74, 6) is 3.26. The summed E-state index contributed by atoms with van der Waals surface area (Å²) < 4.78 is 34.1. The summed E-state index contributed by atoms with van der Waals surface area (Å²) >= 11 is 5.37. The second-order valence-corrected chi connectivity index (χ2v) is 15.5. The van der Waals surface area contributed by atoms with Crippen LogP contribution in [0.4, 0.5) is 0 Å². The van der Waals surface area contributed by atoms with Crippen molar-refractivity contribution in [2.75, 3.05) is 13.2 Å². The predicted octanol–water partition coefficient (Wildman–Crippen LogP) is 10.6. The van der Waals surface area contributed by atoms with Gasteiger partial charge in [-0.25, -0.2) is 0 Å². The van der Waals surface area contributed by atoms with E-state index in [9.17, 15) is 9.90 Å². The fraction of sp³-hybridized carbons (Fsp3) is 0.310. The molecule has 7 rings (SSSR count). The minimum absolute atomic E-state index is 0.0128. The van der Waals surface area contributed by atoms with Gasteiger partial charge in [0.15, 0.2) is 6.29 Å². The summed E-state index contributed by atoms with van der Waals surface area (Å²) in [5, 5.41) is 17.3. The van der Waals surface area contributed by atoms with Crippen molar-refractivity contribution in [1.29, 1.82) is 0 Å². The van der Waals surface area contributed by atoms with Crippen LogP contribution in [0, 0.1) is 11.8 Å². The molecule has 0 saturated carbocycles. The van der Waals surface area contributed by atoms with Gasteiger partial charge in [0, 0.05) is 50.0 Å². The zero-order chi connectivity index (χ0) is 40.5. The fourth-order valence-corrected chi connectivity index (χ4v) is 6.49. The Hall–Kier alpha value is -4.17. The molecule has 1 fully saturated rings. The fourth-order valence-electron chi connectivity index (χ4n) is 5.51. The molecule has 0 unspecified atom stereocenters. The maximum absolute atomic E-state index is 10.9.